The summed E-state index contributed by atoms with van der Waals surface area (Å²) in [5.74, 6) is 0.412. The van der Waals surface area contributed by atoms with E-state index in [4.69, 9.17) is 14.2 Å². The van der Waals surface area contributed by atoms with Crippen LogP contribution in [0.3, 0.4) is 0 Å². The molecule has 0 radical (unpaired) electrons. The lowest BCUT2D eigenvalue weighted by Crippen LogP contribution is -2.49. The Hall–Kier alpha value is -3.33. The summed E-state index contributed by atoms with van der Waals surface area (Å²) in [6, 6.07) is 10.9. The van der Waals surface area contributed by atoms with Crippen molar-refractivity contribution in [2.45, 2.75) is 32.5 Å². The largest absolute Gasteiger partial charge is 0.475 e. The van der Waals surface area contributed by atoms with Crippen LogP contribution in [-0.4, -0.2) is 63.5 Å². The number of pyridine rings is 1. The van der Waals surface area contributed by atoms with Crippen LogP contribution in [0.1, 0.15) is 20.8 Å². The SMILES string of the molecule is CC(C)(C)OC(=O)N1CCOC(COc2ccc(-n3c(=O)[nH]c4ccccc43)cn2)C1. The van der Waals surface area contributed by atoms with E-state index in [0.717, 1.165) is 11.0 Å². The third-order valence-electron chi connectivity index (χ3n) is 4.78. The summed E-state index contributed by atoms with van der Waals surface area (Å²) in [6.45, 7) is 7.06. The van der Waals surface area contributed by atoms with Gasteiger partial charge in [-0.05, 0) is 39.0 Å². The molecule has 31 heavy (non-hydrogen) atoms. The molecule has 1 aliphatic heterocycles. The van der Waals surface area contributed by atoms with Gasteiger partial charge in [-0.1, -0.05) is 12.1 Å². The highest BCUT2D eigenvalue weighted by molar-refractivity contribution is 5.77. The molecule has 0 saturated carbocycles. The number of ether oxygens (including phenoxy) is 3. The predicted molar refractivity (Wildman–Crippen MR) is 115 cm³/mol. The molecule has 1 unspecified atom stereocenters. The normalized spacial score (nSPS) is 17.0. The van der Waals surface area contributed by atoms with Crippen molar-refractivity contribution < 1.29 is 19.0 Å². The van der Waals surface area contributed by atoms with Crippen molar-refractivity contribution in [1.29, 1.82) is 0 Å². The highest BCUT2D eigenvalue weighted by Gasteiger charge is 2.28. The molecule has 9 heteroatoms. The van der Waals surface area contributed by atoms with Gasteiger partial charge in [0.15, 0.2) is 0 Å². The Bertz CT molecular complexity index is 1110. The van der Waals surface area contributed by atoms with Gasteiger partial charge in [-0.3, -0.25) is 4.57 Å². The maximum atomic E-state index is 12.3. The standard InChI is InChI=1S/C22H26N4O5/c1-22(2,3)31-21(28)25-10-11-29-16(13-25)14-30-19-9-8-15(12-23-19)26-18-7-5-4-6-17(18)24-20(26)27/h4-9,12,16H,10-11,13-14H2,1-3H3,(H,24,27). The average molecular weight is 426 g/mol. The minimum atomic E-state index is -0.542. The third kappa shape index (κ3) is 4.88. The van der Waals surface area contributed by atoms with Crippen molar-refractivity contribution in [2.75, 3.05) is 26.3 Å². The number of fused-ring (bicyclic) bond motifs is 1. The van der Waals surface area contributed by atoms with Crippen LogP contribution >= 0.6 is 0 Å². The van der Waals surface area contributed by atoms with E-state index < -0.39 is 5.60 Å². The summed E-state index contributed by atoms with van der Waals surface area (Å²) in [7, 11) is 0. The van der Waals surface area contributed by atoms with Crippen molar-refractivity contribution in [3.8, 4) is 11.6 Å². The summed E-state index contributed by atoms with van der Waals surface area (Å²) in [5, 5.41) is 0. The second-order valence-electron chi connectivity index (χ2n) is 8.37. The molecule has 0 spiro atoms. The second kappa shape index (κ2) is 8.43. The van der Waals surface area contributed by atoms with Gasteiger partial charge >= 0.3 is 11.8 Å². The Morgan fingerprint density at radius 3 is 2.81 bits per heavy atom. The van der Waals surface area contributed by atoms with Crippen molar-refractivity contribution in [2.24, 2.45) is 0 Å². The smallest absolute Gasteiger partial charge is 0.410 e. The molecule has 3 aromatic rings. The number of nitrogens with zero attached hydrogens (tertiary/aromatic N) is 3. The third-order valence-corrected chi connectivity index (χ3v) is 4.78. The van der Waals surface area contributed by atoms with Crippen molar-refractivity contribution >= 4 is 17.1 Å². The van der Waals surface area contributed by atoms with Gasteiger partial charge in [0.25, 0.3) is 0 Å². The molecule has 1 amide bonds. The van der Waals surface area contributed by atoms with E-state index in [1.54, 1.807) is 27.8 Å². The number of morpholine rings is 1. The van der Waals surface area contributed by atoms with E-state index in [0.29, 0.717) is 31.3 Å². The van der Waals surface area contributed by atoms with E-state index in [1.807, 2.05) is 45.0 Å². The molecule has 1 atom stereocenters. The number of imidazole rings is 1. The first-order valence-corrected chi connectivity index (χ1v) is 10.2. The summed E-state index contributed by atoms with van der Waals surface area (Å²) in [6.07, 6.45) is 0.956. The Labute approximate surface area is 179 Å². The maximum absolute atomic E-state index is 12.3. The van der Waals surface area contributed by atoms with Gasteiger partial charge < -0.3 is 24.1 Å². The number of para-hydroxylation sites is 2. The molecule has 0 aliphatic carbocycles. The van der Waals surface area contributed by atoms with Crippen LogP contribution in [0.15, 0.2) is 47.4 Å². The van der Waals surface area contributed by atoms with Gasteiger partial charge in [-0.2, -0.15) is 0 Å². The lowest BCUT2D eigenvalue weighted by molar-refractivity contribution is -0.0561. The Balaban J connectivity index is 1.38. The van der Waals surface area contributed by atoms with Crippen LogP contribution < -0.4 is 10.4 Å². The van der Waals surface area contributed by atoms with Crippen molar-refractivity contribution in [1.82, 2.24) is 19.4 Å². The molecule has 1 saturated heterocycles. The Morgan fingerprint density at radius 2 is 2.06 bits per heavy atom. The predicted octanol–water partition coefficient (Wildman–Crippen LogP) is 2.73. The fraction of sp³-hybridized carbons (Fsp3) is 0.409. The van der Waals surface area contributed by atoms with Gasteiger partial charge in [0.2, 0.25) is 5.88 Å². The fourth-order valence-corrected chi connectivity index (χ4v) is 3.39. The minimum absolute atomic E-state index is 0.227. The Kier molecular flexibility index (Phi) is 5.69. The molecule has 2 aromatic heterocycles. The topological polar surface area (TPSA) is 98.7 Å². The summed E-state index contributed by atoms with van der Waals surface area (Å²) in [5.41, 5.74) is 1.41. The molecular weight excluding hydrogens is 400 g/mol. The molecular formula is C22H26N4O5. The molecule has 1 fully saturated rings. The van der Waals surface area contributed by atoms with E-state index in [1.165, 1.54) is 0 Å². The Morgan fingerprint density at radius 1 is 1.26 bits per heavy atom. The fourth-order valence-electron chi connectivity index (χ4n) is 3.39. The zero-order valence-electron chi connectivity index (χ0n) is 17.8. The van der Waals surface area contributed by atoms with Gasteiger partial charge in [0.1, 0.15) is 18.3 Å². The summed E-state index contributed by atoms with van der Waals surface area (Å²) in [4.78, 5) is 33.4. The molecule has 1 aromatic carbocycles. The van der Waals surface area contributed by atoms with Crippen LogP contribution in [0.2, 0.25) is 0 Å². The van der Waals surface area contributed by atoms with Crippen molar-refractivity contribution in [3.63, 3.8) is 0 Å². The highest BCUT2D eigenvalue weighted by atomic mass is 16.6. The molecule has 1 N–H and O–H groups in total. The van der Waals surface area contributed by atoms with Crippen LogP contribution in [-0.2, 0) is 9.47 Å². The summed E-state index contributed by atoms with van der Waals surface area (Å²) >= 11 is 0. The number of amides is 1. The molecule has 164 valence electrons. The van der Waals surface area contributed by atoms with E-state index in [2.05, 4.69) is 9.97 Å². The van der Waals surface area contributed by atoms with E-state index in [-0.39, 0.29) is 24.5 Å². The van der Waals surface area contributed by atoms with Crippen molar-refractivity contribution in [3.05, 3.63) is 53.1 Å². The number of aromatic amines is 1. The number of H-pyrrole nitrogens is 1. The molecule has 1 aliphatic rings. The van der Waals surface area contributed by atoms with Gasteiger partial charge in [0.05, 0.1) is 36.1 Å². The molecule has 0 bridgehead atoms. The first-order valence-electron chi connectivity index (χ1n) is 10.2. The minimum Gasteiger partial charge on any atom is -0.475 e. The summed E-state index contributed by atoms with van der Waals surface area (Å²) < 4.78 is 18.4. The quantitative estimate of drug-likeness (QED) is 0.689. The van der Waals surface area contributed by atoms with E-state index in [9.17, 15) is 9.59 Å². The number of nitrogens with one attached hydrogen (secondary N) is 1. The first-order chi connectivity index (χ1) is 14.8. The number of carbonyl (C=O) groups excluding carboxylic acids is 1. The van der Waals surface area contributed by atoms with Gasteiger partial charge in [0, 0.05) is 12.6 Å². The number of hydrogen-bond donors (Lipinski definition) is 1. The van der Waals surface area contributed by atoms with Crippen LogP contribution in [0, 0.1) is 0 Å². The zero-order valence-corrected chi connectivity index (χ0v) is 17.8. The highest BCUT2D eigenvalue weighted by Crippen LogP contribution is 2.18. The number of rotatable bonds is 4. The maximum Gasteiger partial charge on any atom is 0.410 e. The monoisotopic (exact) mass is 426 g/mol. The lowest BCUT2D eigenvalue weighted by atomic mass is 10.2. The first kappa shape index (κ1) is 20.9. The zero-order chi connectivity index (χ0) is 22.0. The number of benzene rings is 1. The second-order valence-corrected chi connectivity index (χ2v) is 8.37. The lowest BCUT2D eigenvalue weighted by Gasteiger charge is -2.34. The number of aromatic nitrogens is 3. The molecule has 9 nitrogen and oxygen atoms in total. The molecule has 4 rings (SSSR count). The van der Waals surface area contributed by atoms with Gasteiger partial charge in [-0.25, -0.2) is 14.6 Å². The number of carbonyl (C=O) groups is 1. The molecule has 3 heterocycles. The van der Waals surface area contributed by atoms with Crippen LogP contribution in [0.4, 0.5) is 4.79 Å². The van der Waals surface area contributed by atoms with Crippen LogP contribution in [0.25, 0.3) is 16.7 Å². The van der Waals surface area contributed by atoms with E-state index >= 15 is 0 Å². The number of hydrogen-bond acceptors (Lipinski definition) is 6. The average Bonchev–Trinajstić information content (AvgIpc) is 3.07. The van der Waals surface area contributed by atoms with Gasteiger partial charge in [-0.15, -0.1) is 0 Å². The van der Waals surface area contributed by atoms with Crippen LogP contribution in [0.5, 0.6) is 5.88 Å².